The fourth-order valence-electron chi connectivity index (χ4n) is 2.21. The van der Waals surface area contributed by atoms with Crippen LogP contribution in [0.3, 0.4) is 0 Å². The normalized spacial score (nSPS) is 10.9. The van der Waals surface area contributed by atoms with Gasteiger partial charge in [0.2, 0.25) is 5.91 Å². The number of benzene rings is 2. The third kappa shape index (κ3) is 3.24. The first-order chi connectivity index (χ1) is 10.5. The van der Waals surface area contributed by atoms with Gasteiger partial charge >= 0.3 is 0 Å². The van der Waals surface area contributed by atoms with Crippen LogP contribution in [0.5, 0.6) is 0 Å². The molecule has 0 bridgehead atoms. The van der Waals surface area contributed by atoms with E-state index in [0.717, 1.165) is 10.9 Å². The number of amides is 1. The van der Waals surface area contributed by atoms with Gasteiger partial charge in [-0.15, -0.1) is 0 Å². The number of halogens is 2. The molecule has 1 amide bonds. The van der Waals surface area contributed by atoms with Crippen LogP contribution in [0.15, 0.2) is 40.9 Å². The average molecular weight is 335 g/mol. The maximum atomic E-state index is 12.2. The zero-order valence-corrected chi connectivity index (χ0v) is 13.2. The molecule has 3 aromatic rings. The van der Waals surface area contributed by atoms with Crippen molar-refractivity contribution in [2.45, 2.75) is 13.3 Å². The van der Waals surface area contributed by atoms with Crippen molar-refractivity contribution in [1.29, 1.82) is 0 Å². The van der Waals surface area contributed by atoms with Gasteiger partial charge in [0, 0.05) is 21.1 Å². The highest BCUT2D eigenvalue weighted by Crippen LogP contribution is 2.23. The maximum Gasteiger partial charge on any atom is 0.230 e. The summed E-state index contributed by atoms with van der Waals surface area (Å²) in [5.41, 5.74) is 2.90. The van der Waals surface area contributed by atoms with Crippen molar-refractivity contribution in [3.8, 4) is 0 Å². The summed E-state index contributed by atoms with van der Waals surface area (Å²) in [5.74, 6) is -0.213. The monoisotopic (exact) mass is 334 g/mol. The van der Waals surface area contributed by atoms with Gasteiger partial charge in [-0.2, -0.15) is 0 Å². The van der Waals surface area contributed by atoms with E-state index in [-0.39, 0.29) is 12.3 Å². The Balaban J connectivity index is 1.79. The number of rotatable bonds is 3. The van der Waals surface area contributed by atoms with Crippen molar-refractivity contribution in [2.75, 3.05) is 5.32 Å². The maximum absolute atomic E-state index is 12.2. The lowest BCUT2D eigenvalue weighted by atomic mass is 10.1. The molecule has 6 heteroatoms. The van der Waals surface area contributed by atoms with Gasteiger partial charge in [-0.3, -0.25) is 4.79 Å². The number of nitrogens with one attached hydrogen (secondary N) is 1. The molecule has 0 unspecified atom stereocenters. The van der Waals surface area contributed by atoms with Crippen LogP contribution in [0.25, 0.3) is 11.0 Å². The molecule has 0 aliphatic carbocycles. The second-order valence-electron chi connectivity index (χ2n) is 5.01. The van der Waals surface area contributed by atoms with E-state index in [1.807, 2.05) is 25.1 Å². The number of anilines is 1. The standard InChI is InChI=1S/C16H12Cl2N2O2/c1-9-2-3-15-13(4-9)14(20-22-15)8-16(21)19-12-6-10(17)5-11(18)7-12/h2-7H,8H2,1H3,(H,19,21). The summed E-state index contributed by atoms with van der Waals surface area (Å²) in [6.07, 6.45) is 0.112. The van der Waals surface area contributed by atoms with E-state index in [2.05, 4.69) is 10.5 Å². The summed E-state index contributed by atoms with van der Waals surface area (Å²) in [4.78, 5) is 12.2. The molecule has 112 valence electrons. The number of carbonyl (C=O) groups excluding carboxylic acids is 1. The molecule has 4 nitrogen and oxygen atoms in total. The highest BCUT2D eigenvalue weighted by Gasteiger charge is 2.13. The van der Waals surface area contributed by atoms with E-state index < -0.39 is 0 Å². The topological polar surface area (TPSA) is 55.1 Å². The van der Waals surface area contributed by atoms with Crippen LogP contribution >= 0.6 is 23.2 Å². The first-order valence-electron chi connectivity index (χ1n) is 6.62. The van der Waals surface area contributed by atoms with Crippen molar-refractivity contribution < 1.29 is 9.32 Å². The molecule has 2 aromatic carbocycles. The Bertz CT molecular complexity index is 838. The molecule has 0 radical (unpaired) electrons. The Labute approximate surface area is 137 Å². The van der Waals surface area contributed by atoms with E-state index in [0.29, 0.717) is 27.0 Å². The molecule has 1 heterocycles. The highest BCUT2D eigenvalue weighted by atomic mass is 35.5. The molecular formula is C16H12Cl2N2O2. The van der Waals surface area contributed by atoms with Crippen LogP contribution in [-0.4, -0.2) is 11.1 Å². The van der Waals surface area contributed by atoms with Crippen molar-refractivity contribution >= 4 is 45.8 Å². The van der Waals surface area contributed by atoms with Crippen molar-refractivity contribution in [2.24, 2.45) is 0 Å². The number of carbonyl (C=O) groups is 1. The predicted octanol–water partition coefficient (Wildman–Crippen LogP) is 4.62. The summed E-state index contributed by atoms with van der Waals surface area (Å²) >= 11 is 11.8. The van der Waals surface area contributed by atoms with Crippen LogP contribution in [-0.2, 0) is 11.2 Å². The lowest BCUT2D eigenvalue weighted by Gasteiger charge is -2.05. The first kappa shape index (κ1) is 14.9. The van der Waals surface area contributed by atoms with Crippen LogP contribution in [0.1, 0.15) is 11.3 Å². The Kier molecular flexibility index (Phi) is 4.05. The van der Waals surface area contributed by atoms with Crippen LogP contribution in [0.2, 0.25) is 10.0 Å². The van der Waals surface area contributed by atoms with Gasteiger partial charge < -0.3 is 9.84 Å². The van der Waals surface area contributed by atoms with Gasteiger partial charge in [0.05, 0.1) is 6.42 Å². The van der Waals surface area contributed by atoms with Gasteiger partial charge in [-0.1, -0.05) is 40.0 Å². The molecule has 0 atom stereocenters. The summed E-state index contributed by atoms with van der Waals surface area (Å²) < 4.78 is 5.22. The predicted molar refractivity (Wildman–Crippen MR) is 87.5 cm³/mol. The van der Waals surface area contributed by atoms with Gasteiger partial charge in [0.15, 0.2) is 5.58 Å². The fourth-order valence-corrected chi connectivity index (χ4v) is 2.74. The van der Waals surface area contributed by atoms with Gasteiger partial charge in [0.25, 0.3) is 0 Å². The smallest absolute Gasteiger partial charge is 0.230 e. The van der Waals surface area contributed by atoms with E-state index in [9.17, 15) is 4.79 Å². The van der Waals surface area contributed by atoms with Gasteiger partial charge in [0.1, 0.15) is 5.69 Å². The van der Waals surface area contributed by atoms with Crippen LogP contribution in [0.4, 0.5) is 5.69 Å². The second kappa shape index (κ2) is 5.99. The summed E-state index contributed by atoms with van der Waals surface area (Å²) in [6.45, 7) is 1.98. The Morgan fingerprint density at radius 2 is 1.91 bits per heavy atom. The van der Waals surface area contributed by atoms with Crippen LogP contribution < -0.4 is 5.32 Å². The molecule has 3 rings (SSSR count). The fraction of sp³-hybridized carbons (Fsp3) is 0.125. The average Bonchev–Trinajstić information content (AvgIpc) is 2.80. The third-order valence-electron chi connectivity index (χ3n) is 3.17. The van der Waals surface area contributed by atoms with Gasteiger partial charge in [-0.25, -0.2) is 0 Å². The summed E-state index contributed by atoms with van der Waals surface area (Å²) in [5, 5.41) is 8.49. The lowest BCUT2D eigenvalue weighted by Crippen LogP contribution is -2.14. The minimum atomic E-state index is -0.213. The molecule has 0 aliphatic heterocycles. The Morgan fingerprint density at radius 3 is 2.64 bits per heavy atom. The first-order valence-corrected chi connectivity index (χ1v) is 7.38. The van der Waals surface area contributed by atoms with E-state index in [4.69, 9.17) is 27.7 Å². The third-order valence-corrected chi connectivity index (χ3v) is 3.61. The number of hydrogen-bond acceptors (Lipinski definition) is 3. The minimum Gasteiger partial charge on any atom is -0.356 e. The molecule has 1 aromatic heterocycles. The SMILES string of the molecule is Cc1ccc2onc(CC(=O)Nc3cc(Cl)cc(Cl)c3)c2c1. The minimum absolute atomic E-state index is 0.112. The number of fused-ring (bicyclic) bond motifs is 1. The zero-order chi connectivity index (χ0) is 15.7. The van der Waals surface area contributed by atoms with Crippen molar-refractivity contribution in [3.05, 3.63) is 57.7 Å². The van der Waals surface area contributed by atoms with E-state index in [1.165, 1.54) is 0 Å². The largest absolute Gasteiger partial charge is 0.356 e. The molecule has 1 N–H and O–H groups in total. The van der Waals surface area contributed by atoms with Crippen LogP contribution in [0, 0.1) is 6.92 Å². The molecule has 0 saturated heterocycles. The number of aromatic nitrogens is 1. The number of nitrogens with zero attached hydrogens (tertiary/aromatic N) is 1. The molecule has 0 aliphatic rings. The molecule has 0 fully saturated rings. The molecule has 0 spiro atoms. The number of hydrogen-bond donors (Lipinski definition) is 1. The number of aryl methyl sites for hydroxylation is 1. The van der Waals surface area contributed by atoms with Crippen molar-refractivity contribution in [1.82, 2.24) is 5.16 Å². The molecule has 22 heavy (non-hydrogen) atoms. The second-order valence-corrected chi connectivity index (χ2v) is 5.88. The Morgan fingerprint density at radius 1 is 1.18 bits per heavy atom. The van der Waals surface area contributed by atoms with Gasteiger partial charge in [-0.05, 0) is 37.3 Å². The summed E-state index contributed by atoms with van der Waals surface area (Å²) in [6, 6.07) is 10.6. The highest BCUT2D eigenvalue weighted by molar-refractivity contribution is 6.35. The van der Waals surface area contributed by atoms with Crippen molar-refractivity contribution in [3.63, 3.8) is 0 Å². The summed E-state index contributed by atoms with van der Waals surface area (Å²) in [7, 11) is 0. The van der Waals surface area contributed by atoms with E-state index >= 15 is 0 Å². The quantitative estimate of drug-likeness (QED) is 0.760. The molecular weight excluding hydrogens is 323 g/mol. The lowest BCUT2D eigenvalue weighted by molar-refractivity contribution is -0.115. The van der Waals surface area contributed by atoms with E-state index in [1.54, 1.807) is 18.2 Å². The molecule has 0 saturated carbocycles. The Hall–Kier alpha value is -2.04. The zero-order valence-electron chi connectivity index (χ0n) is 11.7.